The molecular formula is C19H21ClIN9OS. The maximum atomic E-state index is 12.4. The Morgan fingerprint density at radius 3 is 2.69 bits per heavy atom. The Balaban J connectivity index is 1.52. The Morgan fingerprint density at radius 2 is 1.97 bits per heavy atom. The van der Waals surface area contributed by atoms with E-state index in [4.69, 9.17) is 23.1 Å². The molecule has 2 heterocycles. The molecule has 2 aromatic heterocycles. The van der Waals surface area contributed by atoms with E-state index in [0.717, 1.165) is 14.8 Å². The number of hydrogen-bond donors (Lipinski definition) is 5. The number of nitrogens with zero attached hydrogens (tertiary/aromatic N) is 4. The molecule has 0 unspecified atom stereocenters. The second-order valence-electron chi connectivity index (χ2n) is 6.46. The average Bonchev–Trinajstić information content (AvgIpc) is 3.28. The van der Waals surface area contributed by atoms with E-state index < -0.39 is 5.91 Å². The molecule has 0 radical (unpaired) electrons. The lowest BCUT2D eigenvalue weighted by atomic mass is 10.2. The normalized spacial score (nSPS) is 11.4. The Bertz CT molecular complexity index is 1080. The molecule has 3 aromatic rings. The molecule has 0 saturated carbocycles. The first-order valence-corrected chi connectivity index (χ1v) is 11.8. The number of halogens is 2. The molecule has 0 aliphatic rings. The van der Waals surface area contributed by atoms with Crippen LogP contribution >= 0.6 is 45.5 Å². The summed E-state index contributed by atoms with van der Waals surface area (Å²) >= 11 is 9.96. The minimum absolute atomic E-state index is 0.0148. The number of carbonyl (C=O) groups excluding carboxylic acids is 1. The first kappa shape index (κ1) is 24.1. The molecule has 0 spiro atoms. The third kappa shape index (κ3) is 7.25. The number of rotatable bonds is 9. The zero-order chi connectivity index (χ0) is 22.9. The van der Waals surface area contributed by atoms with Crippen LogP contribution < -0.4 is 27.4 Å². The summed E-state index contributed by atoms with van der Waals surface area (Å²) in [5.41, 5.74) is 15.3. The van der Waals surface area contributed by atoms with Gasteiger partial charge in [-0.1, -0.05) is 23.7 Å². The van der Waals surface area contributed by atoms with Crippen molar-refractivity contribution in [2.45, 2.75) is 13.1 Å². The number of amides is 1. The average molecular weight is 586 g/mol. The van der Waals surface area contributed by atoms with Crippen molar-refractivity contribution in [3.63, 3.8) is 0 Å². The fraction of sp³-hybridized carbons (Fsp3) is 0.211. The number of anilines is 2. The van der Waals surface area contributed by atoms with Crippen LogP contribution in [0, 0.1) is 3.57 Å². The highest BCUT2D eigenvalue weighted by molar-refractivity contribution is 14.1. The fourth-order valence-electron chi connectivity index (χ4n) is 2.51. The van der Waals surface area contributed by atoms with Gasteiger partial charge in [-0.05, 0) is 40.3 Å². The van der Waals surface area contributed by atoms with Crippen LogP contribution in [0.2, 0.25) is 5.15 Å². The van der Waals surface area contributed by atoms with Crippen LogP contribution in [0.25, 0.3) is 0 Å². The van der Waals surface area contributed by atoms with Gasteiger partial charge in [0.25, 0.3) is 0 Å². The number of aliphatic imine (C=N–C) groups is 1. The van der Waals surface area contributed by atoms with Crippen molar-refractivity contribution in [2.75, 3.05) is 24.1 Å². The molecule has 0 saturated heterocycles. The molecular weight excluding hydrogens is 565 g/mol. The summed E-state index contributed by atoms with van der Waals surface area (Å²) in [5.74, 6) is -0.600. The molecule has 168 valence electrons. The number of thiazole rings is 1. The lowest BCUT2D eigenvalue weighted by Gasteiger charge is -2.10. The van der Waals surface area contributed by atoms with E-state index in [0.29, 0.717) is 26.2 Å². The van der Waals surface area contributed by atoms with Gasteiger partial charge >= 0.3 is 5.91 Å². The summed E-state index contributed by atoms with van der Waals surface area (Å²) in [6.45, 7) is 2.20. The molecule has 0 aliphatic carbocycles. The largest absolute Gasteiger partial charge is 0.382 e. The fourth-order valence-corrected chi connectivity index (χ4v) is 3.62. The topological polar surface area (TPSA) is 156 Å². The zero-order valence-electron chi connectivity index (χ0n) is 16.8. The maximum Gasteiger partial charge on any atom is 0.302 e. The van der Waals surface area contributed by atoms with Crippen LogP contribution in [0.3, 0.4) is 0 Å². The van der Waals surface area contributed by atoms with E-state index in [1.165, 1.54) is 11.3 Å². The van der Waals surface area contributed by atoms with Crippen LogP contribution in [0.4, 0.5) is 11.6 Å². The van der Waals surface area contributed by atoms with Gasteiger partial charge < -0.3 is 27.4 Å². The van der Waals surface area contributed by atoms with E-state index >= 15 is 0 Å². The second-order valence-corrected chi connectivity index (χ2v) is 8.78. The van der Waals surface area contributed by atoms with Gasteiger partial charge in [0, 0.05) is 35.1 Å². The number of nitrogens with two attached hydrogens (primary N) is 2. The molecule has 0 aliphatic heterocycles. The number of benzene rings is 1. The smallest absolute Gasteiger partial charge is 0.302 e. The number of carbonyl (C=O) groups is 1. The Kier molecular flexibility index (Phi) is 8.96. The SMILES string of the molecule is N/C(=N\C(=O)c1nc(Cl)c(NCc2ccc(I)cc2)nc1N)NCCNCc1cscn1. The first-order valence-electron chi connectivity index (χ1n) is 9.44. The second kappa shape index (κ2) is 11.9. The Labute approximate surface area is 207 Å². The highest BCUT2D eigenvalue weighted by Crippen LogP contribution is 2.22. The summed E-state index contributed by atoms with van der Waals surface area (Å²) in [7, 11) is 0. The van der Waals surface area contributed by atoms with Gasteiger partial charge in [0.05, 0.1) is 11.2 Å². The minimum Gasteiger partial charge on any atom is -0.382 e. The standard InChI is InChI=1S/C19H21ClIN9OS/c20-15-17(26-7-11-1-3-12(21)4-2-11)29-16(22)14(28-15)18(31)30-19(23)25-6-5-24-8-13-9-32-10-27-13/h1-4,9-10,24H,5-8H2,(H3,22,26,29)(H3,23,25,30,31). The van der Waals surface area contributed by atoms with Crippen molar-refractivity contribution in [1.29, 1.82) is 0 Å². The van der Waals surface area contributed by atoms with E-state index in [9.17, 15) is 4.79 Å². The number of guanidine groups is 1. The summed E-state index contributed by atoms with van der Waals surface area (Å²) < 4.78 is 1.14. The van der Waals surface area contributed by atoms with Crippen molar-refractivity contribution >= 4 is 69.0 Å². The van der Waals surface area contributed by atoms with Crippen molar-refractivity contribution in [1.82, 2.24) is 25.6 Å². The van der Waals surface area contributed by atoms with Crippen molar-refractivity contribution in [3.05, 3.63) is 60.8 Å². The summed E-state index contributed by atoms with van der Waals surface area (Å²) in [6, 6.07) is 7.95. The lowest BCUT2D eigenvalue weighted by molar-refractivity contribution is 0.0998. The molecule has 1 amide bonds. The van der Waals surface area contributed by atoms with Gasteiger partial charge in [0.2, 0.25) is 0 Å². The van der Waals surface area contributed by atoms with Gasteiger partial charge in [-0.25, -0.2) is 15.0 Å². The van der Waals surface area contributed by atoms with Gasteiger partial charge in [-0.3, -0.25) is 4.79 Å². The Morgan fingerprint density at radius 1 is 1.19 bits per heavy atom. The predicted octanol–water partition coefficient (Wildman–Crippen LogP) is 2.22. The number of aromatic nitrogens is 3. The highest BCUT2D eigenvalue weighted by atomic mass is 127. The zero-order valence-corrected chi connectivity index (χ0v) is 20.5. The molecule has 13 heteroatoms. The Hall–Kier alpha value is -2.55. The van der Waals surface area contributed by atoms with Crippen molar-refractivity contribution in [3.8, 4) is 0 Å². The monoisotopic (exact) mass is 585 g/mol. The van der Waals surface area contributed by atoms with Gasteiger partial charge in [0.15, 0.2) is 28.4 Å². The molecule has 0 atom stereocenters. The van der Waals surface area contributed by atoms with E-state index in [-0.39, 0.29) is 28.4 Å². The van der Waals surface area contributed by atoms with Gasteiger partial charge in [-0.2, -0.15) is 4.99 Å². The summed E-state index contributed by atoms with van der Waals surface area (Å²) in [5, 5.41) is 11.1. The van der Waals surface area contributed by atoms with E-state index in [2.05, 4.69) is 58.5 Å². The van der Waals surface area contributed by atoms with Crippen LogP contribution in [0.5, 0.6) is 0 Å². The number of nitrogen functional groups attached to an aromatic ring is 1. The van der Waals surface area contributed by atoms with Crippen LogP contribution in [-0.4, -0.2) is 39.9 Å². The minimum atomic E-state index is -0.735. The quantitative estimate of drug-likeness (QED) is 0.110. The van der Waals surface area contributed by atoms with Gasteiger partial charge in [0.1, 0.15) is 0 Å². The first-order chi connectivity index (χ1) is 15.4. The van der Waals surface area contributed by atoms with E-state index in [1.807, 2.05) is 29.6 Å². The van der Waals surface area contributed by atoms with Crippen LogP contribution in [0.1, 0.15) is 21.7 Å². The number of nitrogens with one attached hydrogen (secondary N) is 3. The maximum absolute atomic E-state index is 12.4. The lowest BCUT2D eigenvalue weighted by Crippen LogP contribution is -2.37. The molecule has 0 bridgehead atoms. The highest BCUT2D eigenvalue weighted by Gasteiger charge is 2.17. The molecule has 0 fully saturated rings. The van der Waals surface area contributed by atoms with Crippen LogP contribution in [-0.2, 0) is 13.1 Å². The van der Waals surface area contributed by atoms with E-state index in [1.54, 1.807) is 5.51 Å². The summed E-state index contributed by atoms with van der Waals surface area (Å²) in [4.78, 5) is 28.5. The third-order valence-corrected chi connectivity index (χ3v) is 5.69. The molecule has 10 nitrogen and oxygen atoms in total. The van der Waals surface area contributed by atoms with Gasteiger partial charge in [-0.15, -0.1) is 11.3 Å². The molecule has 3 rings (SSSR count). The predicted molar refractivity (Wildman–Crippen MR) is 136 cm³/mol. The molecule has 7 N–H and O–H groups in total. The molecule has 1 aromatic carbocycles. The molecule has 32 heavy (non-hydrogen) atoms. The summed E-state index contributed by atoms with van der Waals surface area (Å²) in [6.07, 6.45) is 0. The number of hydrogen-bond acceptors (Lipinski definition) is 8. The third-order valence-electron chi connectivity index (χ3n) is 4.08. The van der Waals surface area contributed by atoms with Crippen molar-refractivity contribution < 1.29 is 4.79 Å². The van der Waals surface area contributed by atoms with Crippen LogP contribution in [0.15, 0.2) is 40.1 Å². The van der Waals surface area contributed by atoms with Crippen molar-refractivity contribution in [2.24, 2.45) is 10.7 Å².